The van der Waals surface area contributed by atoms with E-state index in [1.54, 1.807) is 18.2 Å². The lowest BCUT2D eigenvalue weighted by Crippen LogP contribution is -2.23. The first kappa shape index (κ1) is 11.1. The van der Waals surface area contributed by atoms with Gasteiger partial charge in [0.25, 0.3) is 0 Å². The van der Waals surface area contributed by atoms with E-state index in [0.717, 1.165) is 10.8 Å². The highest BCUT2D eigenvalue weighted by atomic mass is 32.2. The number of rotatable bonds is 3. The van der Waals surface area contributed by atoms with Crippen molar-refractivity contribution in [3.8, 4) is 0 Å². The van der Waals surface area contributed by atoms with Gasteiger partial charge in [-0.05, 0) is 29.8 Å². The Labute approximate surface area is 95.2 Å². The summed E-state index contributed by atoms with van der Waals surface area (Å²) in [4.78, 5) is 0.273. The van der Waals surface area contributed by atoms with Crippen LogP contribution in [0.25, 0.3) is 10.8 Å². The van der Waals surface area contributed by atoms with Gasteiger partial charge in [0.05, 0.1) is 4.90 Å². The van der Waals surface area contributed by atoms with Crippen molar-refractivity contribution in [2.24, 2.45) is 0 Å². The predicted octanol–water partition coefficient (Wildman–Crippen LogP) is 1.95. The van der Waals surface area contributed by atoms with Gasteiger partial charge >= 0.3 is 0 Å². The predicted molar refractivity (Wildman–Crippen MR) is 64.5 cm³/mol. The van der Waals surface area contributed by atoms with Crippen LogP contribution < -0.4 is 4.72 Å². The summed E-state index contributed by atoms with van der Waals surface area (Å²) >= 11 is 0. The summed E-state index contributed by atoms with van der Waals surface area (Å²) in [5.74, 6) is 0. The van der Waals surface area contributed by atoms with Crippen LogP contribution in [0, 0.1) is 6.92 Å². The van der Waals surface area contributed by atoms with Crippen LogP contribution in [0.3, 0.4) is 0 Å². The van der Waals surface area contributed by atoms with E-state index < -0.39 is 10.0 Å². The first-order chi connectivity index (χ1) is 7.63. The highest BCUT2D eigenvalue weighted by molar-refractivity contribution is 7.89. The number of nitrogens with one attached hydrogen (secondary N) is 1. The fourth-order valence-electron chi connectivity index (χ4n) is 1.55. The average Bonchev–Trinajstić information content (AvgIpc) is 2.28. The van der Waals surface area contributed by atoms with Gasteiger partial charge in [-0.3, -0.25) is 0 Å². The van der Waals surface area contributed by atoms with Crippen LogP contribution >= 0.6 is 0 Å². The zero-order valence-electron chi connectivity index (χ0n) is 8.68. The lowest BCUT2D eigenvalue weighted by Gasteiger charge is -2.05. The monoisotopic (exact) mass is 234 g/mol. The van der Waals surface area contributed by atoms with Gasteiger partial charge in [0.1, 0.15) is 0 Å². The van der Waals surface area contributed by atoms with Gasteiger partial charge in [0, 0.05) is 6.54 Å². The van der Waals surface area contributed by atoms with Crippen LogP contribution in [0.4, 0.5) is 0 Å². The van der Waals surface area contributed by atoms with E-state index in [1.807, 2.05) is 24.3 Å². The third kappa shape index (κ3) is 2.08. The van der Waals surface area contributed by atoms with Crippen LogP contribution in [0.1, 0.15) is 0 Å². The minimum absolute atomic E-state index is 0.148. The minimum atomic E-state index is -3.41. The Bertz CT molecular complexity index is 605. The number of sulfonamides is 1. The molecule has 0 heterocycles. The Morgan fingerprint density at radius 1 is 1.06 bits per heavy atom. The largest absolute Gasteiger partial charge is 0.240 e. The van der Waals surface area contributed by atoms with Crippen molar-refractivity contribution in [2.75, 3.05) is 6.54 Å². The zero-order chi connectivity index (χ0) is 11.6. The molecule has 1 N–H and O–H groups in total. The van der Waals surface area contributed by atoms with Crippen molar-refractivity contribution in [3.05, 3.63) is 49.4 Å². The Kier molecular flexibility index (Phi) is 2.94. The summed E-state index contributed by atoms with van der Waals surface area (Å²) in [6.07, 6.45) is 0. The molecule has 0 aliphatic carbocycles. The molecule has 83 valence electrons. The second kappa shape index (κ2) is 4.23. The lowest BCUT2D eigenvalue weighted by atomic mass is 10.1. The highest BCUT2D eigenvalue weighted by Gasteiger charge is 2.12. The van der Waals surface area contributed by atoms with Crippen molar-refractivity contribution in [2.45, 2.75) is 4.90 Å². The Balaban J connectivity index is 2.55. The first-order valence-electron chi connectivity index (χ1n) is 4.91. The Hall–Kier alpha value is -1.39. The molecule has 2 rings (SSSR count). The maximum atomic E-state index is 11.7. The molecule has 0 bridgehead atoms. The molecular weight excluding hydrogens is 222 g/mol. The van der Waals surface area contributed by atoms with Crippen molar-refractivity contribution in [3.63, 3.8) is 0 Å². The number of hydrogen-bond acceptors (Lipinski definition) is 2. The van der Waals surface area contributed by atoms with E-state index in [4.69, 9.17) is 0 Å². The summed E-state index contributed by atoms with van der Waals surface area (Å²) in [5, 5.41) is 1.94. The summed E-state index contributed by atoms with van der Waals surface area (Å²) in [5.41, 5.74) is 0. The molecule has 0 saturated carbocycles. The summed E-state index contributed by atoms with van der Waals surface area (Å²) in [6.45, 7) is 3.62. The normalized spacial score (nSPS) is 11.8. The topological polar surface area (TPSA) is 46.2 Å². The van der Waals surface area contributed by atoms with Gasteiger partial charge in [0.2, 0.25) is 10.0 Å². The van der Waals surface area contributed by atoms with E-state index in [-0.39, 0.29) is 11.4 Å². The molecule has 0 saturated heterocycles. The summed E-state index contributed by atoms with van der Waals surface area (Å²) in [7, 11) is -3.41. The second-order valence-corrected chi connectivity index (χ2v) is 5.17. The molecule has 0 aliphatic rings. The Morgan fingerprint density at radius 3 is 2.44 bits per heavy atom. The van der Waals surface area contributed by atoms with Crippen LogP contribution in [-0.2, 0) is 10.0 Å². The maximum Gasteiger partial charge on any atom is 0.240 e. The van der Waals surface area contributed by atoms with Gasteiger partial charge in [-0.2, -0.15) is 0 Å². The van der Waals surface area contributed by atoms with E-state index >= 15 is 0 Å². The van der Waals surface area contributed by atoms with E-state index in [0.29, 0.717) is 0 Å². The summed E-state index contributed by atoms with van der Waals surface area (Å²) in [6, 6.07) is 12.7. The van der Waals surface area contributed by atoms with E-state index in [9.17, 15) is 8.42 Å². The number of hydrogen-bond donors (Lipinski definition) is 1. The van der Waals surface area contributed by atoms with Crippen LogP contribution in [0.2, 0.25) is 0 Å². The van der Waals surface area contributed by atoms with Gasteiger partial charge in [-0.25, -0.2) is 13.1 Å². The molecule has 2 aromatic rings. The average molecular weight is 234 g/mol. The molecule has 0 aromatic heterocycles. The van der Waals surface area contributed by atoms with Gasteiger partial charge in [-0.1, -0.05) is 30.3 Å². The zero-order valence-corrected chi connectivity index (χ0v) is 9.50. The van der Waals surface area contributed by atoms with Crippen molar-refractivity contribution in [1.82, 2.24) is 4.72 Å². The highest BCUT2D eigenvalue weighted by Crippen LogP contribution is 2.18. The third-order valence-electron chi connectivity index (χ3n) is 2.32. The molecule has 1 radical (unpaired) electrons. The van der Waals surface area contributed by atoms with Gasteiger partial charge in [0.15, 0.2) is 0 Å². The molecule has 2 aromatic carbocycles. The SMILES string of the molecule is [CH2]CNS(=O)(=O)c1ccc2ccccc2c1. The van der Waals surface area contributed by atoms with Crippen LogP contribution in [-0.4, -0.2) is 15.0 Å². The first-order valence-corrected chi connectivity index (χ1v) is 6.39. The second-order valence-electron chi connectivity index (χ2n) is 3.41. The van der Waals surface area contributed by atoms with Crippen molar-refractivity contribution < 1.29 is 8.42 Å². The maximum absolute atomic E-state index is 11.7. The molecule has 16 heavy (non-hydrogen) atoms. The van der Waals surface area contributed by atoms with E-state index in [2.05, 4.69) is 11.6 Å². The standard InChI is InChI=1S/C12H12NO2S/c1-2-13-16(14,15)12-8-7-10-5-3-4-6-11(10)9-12/h3-9,13H,1-2H2. The molecule has 0 amide bonds. The molecule has 0 fully saturated rings. The summed E-state index contributed by atoms with van der Waals surface area (Å²) < 4.78 is 25.8. The third-order valence-corrected chi connectivity index (χ3v) is 3.78. The fraction of sp³-hybridized carbons (Fsp3) is 0.0833. The molecule has 4 heteroatoms. The molecule has 3 nitrogen and oxygen atoms in total. The Morgan fingerprint density at radius 2 is 1.75 bits per heavy atom. The minimum Gasteiger partial charge on any atom is -0.211 e. The van der Waals surface area contributed by atoms with Crippen molar-refractivity contribution >= 4 is 20.8 Å². The smallest absolute Gasteiger partial charge is 0.211 e. The van der Waals surface area contributed by atoms with Crippen LogP contribution in [0.15, 0.2) is 47.4 Å². The lowest BCUT2D eigenvalue weighted by molar-refractivity contribution is 0.585. The van der Waals surface area contributed by atoms with Gasteiger partial charge < -0.3 is 0 Å². The molecule has 0 unspecified atom stereocenters. The quantitative estimate of drug-likeness (QED) is 0.882. The number of benzene rings is 2. The fourth-order valence-corrected chi connectivity index (χ4v) is 2.52. The van der Waals surface area contributed by atoms with Crippen LogP contribution in [0.5, 0.6) is 0 Å². The van der Waals surface area contributed by atoms with Crippen molar-refractivity contribution in [1.29, 1.82) is 0 Å². The van der Waals surface area contributed by atoms with Gasteiger partial charge in [-0.15, -0.1) is 0 Å². The molecule has 0 spiro atoms. The molecule has 0 aliphatic heterocycles. The molecular formula is C12H12NO2S. The van der Waals surface area contributed by atoms with E-state index in [1.165, 1.54) is 0 Å². The molecule has 0 atom stereocenters. The number of fused-ring (bicyclic) bond motifs is 1.